The zero-order valence-electron chi connectivity index (χ0n) is 19.9. The predicted octanol–water partition coefficient (Wildman–Crippen LogP) is 1.87. The molecule has 1 amide bonds. The molecule has 2 aromatic heterocycles. The molecule has 0 saturated heterocycles. The molecule has 0 atom stereocenters. The minimum Gasteiger partial charge on any atom is -0.468 e. The van der Waals surface area contributed by atoms with Crippen LogP contribution in [0, 0.1) is 0 Å². The van der Waals surface area contributed by atoms with Gasteiger partial charge < -0.3 is 25.5 Å². The highest BCUT2D eigenvalue weighted by atomic mass is 16.5. The standard InChI is InChI=1S/C21H25N5O4.C3H6O2/c1-2-30-16(27)4-3-11-23-19(28)14-8-5-13(6-9-14)7-10-15-12-24-18-17(15)20(29)26-21(22)25-18;1-2-5-3-4/h5-6,8-9,12H,2-4,7,10-11H2,1H3,(H,23,28)(H4,22,24,25,26,29);3H,2H2,1H3. The van der Waals surface area contributed by atoms with Crippen LogP contribution in [0.2, 0.25) is 0 Å². The van der Waals surface area contributed by atoms with E-state index in [-0.39, 0.29) is 29.8 Å². The molecule has 0 aliphatic rings. The second-order valence-corrected chi connectivity index (χ2v) is 7.40. The topological polar surface area (TPSA) is 169 Å². The van der Waals surface area contributed by atoms with Gasteiger partial charge in [-0.2, -0.15) is 4.98 Å². The maximum atomic E-state index is 12.2. The molecular weight excluding hydrogens is 454 g/mol. The Morgan fingerprint density at radius 2 is 1.89 bits per heavy atom. The molecule has 0 aliphatic heterocycles. The van der Waals surface area contributed by atoms with Crippen molar-refractivity contribution in [1.29, 1.82) is 0 Å². The van der Waals surface area contributed by atoms with Gasteiger partial charge in [0.2, 0.25) is 5.95 Å². The SMILES string of the molecule is CCOC(=O)CCCNC(=O)c1ccc(CCc2c[nH]c3nc(N)[nH]c(=O)c23)cc1.CCOC=O. The molecule has 1 aromatic carbocycles. The van der Waals surface area contributed by atoms with Gasteiger partial charge in [0.25, 0.3) is 17.9 Å². The molecule has 0 radical (unpaired) electrons. The Bertz CT molecular complexity index is 1170. The number of aryl methyl sites for hydroxylation is 2. The van der Waals surface area contributed by atoms with E-state index in [1.807, 2.05) is 12.1 Å². The number of hydrogen-bond acceptors (Lipinski definition) is 8. The summed E-state index contributed by atoms with van der Waals surface area (Å²) in [5.74, 6) is -0.361. The van der Waals surface area contributed by atoms with Crippen LogP contribution in [0.4, 0.5) is 5.95 Å². The van der Waals surface area contributed by atoms with E-state index in [0.717, 1.165) is 11.1 Å². The van der Waals surface area contributed by atoms with Crippen molar-refractivity contribution in [2.24, 2.45) is 0 Å². The number of amides is 1. The molecule has 3 rings (SSSR count). The number of esters is 1. The van der Waals surface area contributed by atoms with Gasteiger partial charge in [0.1, 0.15) is 5.65 Å². The van der Waals surface area contributed by atoms with Crippen LogP contribution in [0.25, 0.3) is 11.0 Å². The van der Waals surface area contributed by atoms with Gasteiger partial charge in [0.05, 0.1) is 18.6 Å². The first-order chi connectivity index (χ1) is 16.9. The molecule has 11 heteroatoms. The number of aromatic nitrogens is 3. The Balaban J connectivity index is 0.000000784. The van der Waals surface area contributed by atoms with Crippen molar-refractivity contribution in [3.63, 3.8) is 0 Å². The molecule has 0 saturated carbocycles. The smallest absolute Gasteiger partial charge is 0.305 e. The Kier molecular flexibility index (Phi) is 11.0. The number of fused-ring (bicyclic) bond motifs is 1. The highest BCUT2D eigenvalue weighted by Crippen LogP contribution is 2.16. The van der Waals surface area contributed by atoms with Gasteiger partial charge in [-0.15, -0.1) is 0 Å². The molecule has 3 aromatic rings. The second kappa shape index (κ2) is 14.2. The molecule has 0 aliphatic carbocycles. The van der Waals surface area contributed by atoms with E-state index < -0.39 is 0 Å². The van der Waals surface area contributed by atoms with Crippen molar-refractivity contribution in [2.75, 3.05) is 25.5 Å². The van der Waals surface area contributed by atoms with Gasteiger partial charge in [-0.25, -0.2) is 0 Å². The molecule has 11 nitrogen and oxygen atoms in total. The lowest BCUT2D eigenvalue weighted by Crippen LogP contribution is -2.25. The van der Waals surface area contributed by atoms with Gasteiger partial charge in [0.15, 0.2) is 0 Å². The summed E-state index contributed by atoms with van der Waals surface area (Å²) < 4.78 is 9.00. The molecular formula is C24H31N5O6. The number of ether oxygens (including phenoxy) is 2. The highest BCUT2D eigenvalue weighted by Gasteiger charge is 2.11. The highest BCUT2D eigenvalue weighted by molar-refractivity contribution is 5.94. The number of carbonyl (C=O) groups excluding carboxylic acids is 3. The minimum absolute atomic E-state index is 0.0793. The lowest BCUT2D eigenvalue weighted by molar-refractivity contribution is -0.143. The van der Waals surface area contributed by atoms with Gasteiger partial charge >= 0.3 is 5.97 Å². The maximum Gasteiger partial charge on any atom is 0.305 e. The summed E-state index contributed by atoms with van der Waals surface area (Å²) in [5.41, 5.74) is 8.24. The maximum absolute atomic E-state index is 12.2. The Morgan fingerprint density at radius 1 is 1.14 bits per heavy atom. The monoisotopic (exact) mass is 485 g/mol. The minimum atomic E-state index is -0.260. The van der Waals surface area contributed by atoms with E-state index >= 15 is 0 Å². The number of aromatic amines is 2. The lowest BCUT2D eigenvalue weighted by Gasteiger charge is -2.06. The summed E-state index contributed by atoms with van der Waals surface area (Å²) in [6, 6.07) is 7.31. The number of H-pyrrole nitrogens is 2. The van der Waals surface area contributed by atoms with Crippen LogP contribution in [-0.4, -0.2) is 53.1 Å². The number of carbonyl (C=O) groups is 3. The van der Waals surface area contributed by atoms with Crippen LogP contribution in [0.15, 0.2) is 35.3 Å². The van der Waals surface area contributed by atoms with E-state index in [1.165, 1.54) is 0 Å². The first-order valence-electron chi connectivity index (χ1n) is 11.3. The Morgan fingerprint density at radius 3 is 2.51 bits per heavy atom. The van der Waals surface area contributed by atoms with Crippen molar-refractivity contribution in [3.05, 3.63) is 57.5 Å². The van der Waals surface area contributed by atoms with Crippen LogP contribution in [0.3, 0.4) is 0 Å². The first-order valence-corrected chi connectivity index (χ1v) is 11.3. The number of nitrogens with two attached hydrogens (primary N) is 1. The van der Waals surface area contributed by atoms with Gasteiger partial charge in [-0.3, -0.25) is 24.2 Å². The fourth-order valence-corrected chi connectivity index (χ4v) is 3.26. The second-order valence-electron chi connectivity index (χ2n) is 7.40. The predicted molar refractivity (Wildman–Crippen MR) is 131 cm³/mol. The molecule has 0 bridgehead atoms. The third-order valence-corrected chi connectivity index (χ3v) is 4.92. The molecule has 35 heavy (non-hydrogen) atoms. The van der Waals surface area contributed by atoms with Gasteiger partial charge in [-0.1, -0.05) is 12.1 Å². The zero-order chi connectivity index (χ0) is 25.6. The largest absolute Gasteiger partial charge is 0.468 e. The third-order valence-electron chi connectivity index (χ3n) is 4.92. The van der Waals surface area contributed by atoms with Crippen LogP contribution in [0.5, 0.6) is 0 Å². The van der Waals surface area contributed by atoms with Crippen molar-refractivity contribution in [1.82, 2.24) is 20.3 Å². The average molecular weight is 486 g/mol. The number of rotatable bonds is 11. The van der Waals surface area contributed by atoms with Crippen LogP contribution < -0.4 is 16.6 Å². The molecule has 0 spiro atoms. The molecule has 2 heterocycles. The number of nitrogens with one attached hydrogen (secondary N) is 3. The van der Waals surface area contributed by atoms with Crippen LogP contribution >= 0.6 is 0 Å². The Labute approximate surface area is 202 Å². The van der Waals surface area contributed by atoms with E-state index in [1.54, 1.807) is 32.2 Å². The first kappa shape index (κ1) is 27.1. The van der Waals surface area contributed by atoms with Crippen molar-refractivity contribution < 1.29 is 23.9 Å². The van der Waals surface area contributed by atoms with Crippen molar-refractivity contribution in [3.8, 4) is 0 Å². The van der Waals surface area contributed by atoms with E-state index in [9.17, 15) is 19.2 Å². The summed E-state index contributed by atoms with van der Waals surface area (Å²) in [5, 5.41) is 3.31. The van der Waals surface area contributed by atoms with Crippen molar-refractivity contribution in [2.45, 2.75) is 39.5 Å². The summed E-state index contributed by atoms with van der Waals surface area (Å²) in [7, 11) is 0. The van der Waals surface area contributed by atoms with Gasteiger partial charge in [0, 0.05) is 24.7 Å². The normalized spacial score (nSPS) is 10.2. The molecule has 188 valence electrons. The van der Waals surface area contributed by atoms with Crippen LogP contribution in [-0.2, 0) is 31.9 Å². The van der Waals surface area contributed by atoms with Gasteiger partial charge in [-0.05, 0) is 56.4 Å². The van der Waals surface area contributed by atoms with E-state index in [4.69, 9.17) is 10.5 Å². The molecule has 0 fully saturated rings. The third kappa shape index (κ3) is 8.61. The number of benzene rings is 1. The lowest BCUT2D eigenvalue weighted by atomic mass is 10.0. The number of nitrogen functional groups attached to an aromatic ring is 1. The molecule has 5 N–H and O–H groups in total. The number of anilines is 1. The van der Waals surface area contributed by atoms with Crippen molar-refractivity contribution >= 4 is 35.3 Å². The summed E-state index contributed by atoms with van der Waals surface area (Å²) in [4.78, 5) is 54.4. The fourth-order valence-electron chi connectivity index (χ4n) is 3.26. The van der Waals surface area contributed by atoms with E-state index in [0.29, 0.717) is 62.1 Å². The van der Waals surface area contributed by atoms with Crippen LogP contribution in [0.1, 0.15) is 48.2 Å². The number of nitrogens with zero attached hydrogens (tertiary/aromatic N) is 1. The summed E-state index contributed by atoms with van der Waals surface area (Å²) in [6.07, 6.45) is 3.94. The number of hydrogen-bond donors (Lipinski definition) is 4. The quantitative estimate of drug-likeness (QED) is 0.181. The Hall–Kier alpha value is -4.15. The summed E-state index contributed by atoms with van der Waals surface area (Å²) >= 11 is 0. The molecule has 0 unspecified atom stereocenters. The summed E-state index contributed by atoms with van der Waals surface area (Å²) in [6.45, 7) is 5.20. The zero-order valence-corrected chi connectivity index (χ0v) is 19.9. The fraction of sp³-hybridized carbons (Fsp3) is 0.375. The van der Waals surface area contributed by atoms with E-state index in [2.05, 4.69) is 25.0 Å². The average Bonchev–Trinajstić information content (AvgIpc) is 3.25.